The highest BCUT2D eigenvalue weighted by molar-refractivity contribution is 5.93. The average Bonchev–Trinajstić information content (AvgIpc) is 2.32. The molecule has 0 bridgehead atoms. The Bertz CT molecular complexity index is 457. The summed E-state index contributed by atoms with van der Waals surface area (Å²) in [4.78, 5) is 14.4. The number of aryl methyl sites for hydroxylation is 2. The monoisotopic (exact) mass is 276 g/mol. The zero-order valence-corrected chi connectivity index (χ0v) is 12.8. The fourth-order valence-electron chi connectivity index (χ4n) is 2.81. The topological polar surface area (TPSA) is 41.6 Å². The van der Waals surface area contributed by atoms with Crippen molar-refractivity contribution in [3.05, 3.63) is 29.3 Å². The molecule has 0 saturated carbocycles. The van der Waals surface area contributed by atoms with E-state index < -0.39 is 0 Å². The molecule has 1 N–H and O–H groups in total. The van der Waals surface area contributed by atoms with E-state index in [2.05, 4.69) is 10.2 Å². The van der Waals surface area contributed by atoms with Crippen LogP contribution in [0.2, 0.25) is 0 Å². The number of nitrogens with zero attached hydrogens (tertiary/aromatic N) is 1. The normalized spacial score (nSPS) is 23.6. The number of hydrogen-bond acceptors (Lipinski definition) is 3. The molecule has 1 aromatic rings. The smallest absolute Gasteiger partial charge is 0.238 e. The van der Waals surface area contributed by atoms with Gasteiger partial charge in [-0.3, -0.25) is 9.69 Å². The van der Waals surface area contributed by atoms with Gasteiger partial charge in [0.25, 0.3) is 0 Å². The molecule has 1 fully saturated rings. The predicted octanol–water partition coefficient (Wildman–Crippen LogP) is 2.35. The van der Waals surface area contributed by atoms with Gasteiger partial charge >= 0.3 is 0 Å². The lowest BCUT2D eigenvalue weighted by Gasteiger charge is -2.34. The molecule has 2 rings (SSSR count). The van der Waals surface area contributed by atoms with E-state index in [1.807, 2.05) is 45.9 Å². The van der Waals surface area contributed by atoms with Crippen molar-refractivity contribution in [3.8, 4) is 0 Å². The molecule has 20 heavy (non-hydrogen) atoms. The van der Waals surface area contributed by atoms with Gasteiger partial charge in [-0.05, 0) is 38.8 Å². The van der Waals surface area contributed by atoms with Crippen molar-refractivity contribution in [2.24, 2.45) is 0 Å². The molecule has 0 unspecified atom stereocenters. The molecule has 0 radical (unpaired) electrons. The summed E-state index contributed by atoms with van der Waals surface area (Å²) in [5, 5.41) is 3.03. The number of ether oxygens (including phenoxy) is 1. The van der Waals surface area contributed by atoms with Crippen molar-refractivity contribution in [2.45, 2.75) is 39.9 Å². The van der Waals surface area contributed by atoms with Gasteiger partial charge in [-0.2, -0.15) is 0 Å². The molecule has 110 valence electrons. The van der Waals surface area contributed by atoms with Crippen molar-refractivity contribution < 1.29 is 9.53 Å². The third-order valence-electron chi connectivity index (χ3n) is 3.61. The Labute approximate surface area is 121 Å². The van der Waals surface area contributed by atoms with Gasteiger partial charge in [0.15, 0.2) is 0 Å². The summed E-state index contributed by atoms with van der Waals surface area (Å²) in [6, 6.07) is 6.04. The molecule has 0 spiro atoms. The van der Waals surface area contributed by atoms with Crippen molar-refractivity contribution in [2.75, 3.05) is 25.0 Å². The van der Waals surface area contributed by atoms with Gasteiger partial charge in [0.05, 0.1) is 18.8 Å². The Morgan fingerprint density at radius 1 is 1.25 bits per heavy atom. The molecule has 0 aromatic heterocycles. The van der Waals surface area contributed by atoms with Crippen molar-refractivity contribution >= 4 is 11.6 Å². The number of nitrogens with one attached hydrogen (secondary N) is 1. The minimum atomic E-state index is 0.0451. The molecule has 1 aromatic carbocycles. The van der Waals surface area contributed by atoms with E-state index in [1.165, 1.54) is 0 Å². The van der Waals surface area contributed by atoms with E-state index in [0.29, 0.717) is 6.54 Å². The second-order valence-corrected chi connectivity index (χ2v) is 5.77. The molecule has 1 heterocycles. The van der Waals surface area contributed by atoms with E-state index in [4.69, 9.17) is 4.74 Å². The lowest BCUT2D eigenvalue weighted by molar-refractivity contribution is -0.121. The summed E-state index contributed by atoms with van der Waals surface area (Å²) in [6.07, 6.45) is 0.374. The Kier molecular flexibility index (Phi) is 4.78. The van der Waals surface area contributed by atoms with Gasteiger partial charge in [0.2, 0.25) is 5.91 Å². The highest BCUT2D eigenvalue weighted by Crippen LogP contribution is 2.19. The van der Waals surface area contributed by atoms with Gasteiger partial charge in [-0.1, -0.05) is 18.2 Å². The summed E-state index contributed by atoms with van der Waals surface area (Å²) in [5.41, 5.74) is 3.14. The first-order valence-electron chi connectivity index (χ1n) is 7.19. The maximum absolute atomic E-state index is 12.2. The van der Waals surface area contributed by atoms with E-state index >= 15 is 0 Å². The first-order valence-corrected chi connectivity index (χ1v) is 7.19. The molecule has 4 nitrogen and oxygen atoms in total. The molecular weight excluding hydrogens is 252 g/mol. The van der Waals surface area contributed by atoms with Crippen LogP contribution >= 0.6 is 0 Å². The highest BCUT2D eigenvalue weighted by atomic mass is 16.5. The summed E-state index contributed by atoms with van der Waals surface area (Å²) < 4.78 is 5.68. The molecule has 1 amide bonds. The summed E-state index contributed by atoms with van der Waals surface area (Å²) in [7, 11) is 0. The average molecular weight is 276 g/mol. The standard InChI is InChI=1S/C16H24N2O2/c1-11-6-5-7-12(2)16(11)17-15(19)10-18-8-13(3)20-14(4)9-18/h5-7,13-14H,8-10H2,1-4H3,(H,17,19)/t13-,14+. The van der Waals surface area contributed by atoms with Crippen LogP contribution in [0.15, 0.2) is 18.2 Å². The summed E-state index contributed by atoms with van der Waals surface area (Å²) in [5.74, 6) is 0.0451. The maximum Gasteiger partial charge on any atom is 0.238 e. The molecular formula is C16H24N2O2. The van der Waals surface area contributed by atoms with Crippen molar-refractivity contribution in [3.63, 3.8) is 0 Å². The van der Waals surface area contributed by atoms with Crippen LogP contribution in [0, 0.1) is 13.8 Å². The highest BCUT2D eigenvalue weighted by Gasteiger charge is 2.23. The SMILES string of the molecule is Cc1cccc(C)c1NC(=O)CN1C[C@@H](C)O[C@@H](C)C1. The molecule has 0 aliphatic carbocycles. The van der Waals surface area contributed by atoms with Crippen LogP contribution < -0.4 is 5.32 Å². The quantitative estimate of drug-likeness (QED) is 0.921. The number of carbonyl (C=O) groups excluding carboxylic acids is 1. The molecule has 1 aliphatic rings. The number of benzene rings is 1. The van der Waals surface area contributed by atoms with Crippen LogP contribution in [-0.2, 0) is 9.53 Å². The zero-order chi connectivity index (χ0) is 14.7. The van der Waals surface area contributed by atoms with Crippen LogP contribution in [0.25, 0.3) is 0 Å². The maximum atomic E-state index is 12.2. The number of rotatable bonds is 3. The first kappa shape index (κ1) is 15.0. The minimum Gasteiger partial charge on any atom is -0.373 e. The Hall–Kier alpha value is -1.39. The third-order valence-corrected chi connectivity index (χ3v) is 3.61. The van der Waals surface area contributed by atoms with Gasteiger partial charge in [0, 0.05) is 18.8 Å². The minimum absolute atomic E-state index is 0.0451. The van der Waals surface area contributed by atoms with Crippen molar-refractivity contribution in [1.82, 2.24) is 4.90 Å². The molecule has 4 heteroatoms. The molecule has 2 atom stereocenters. The molecule has 1 saturated heterocycles. The number of anilines is 1. The fourth-order valence-corrected chi connectivity index (χ4v) is 2.81. The lowest BCUT2D eigenvalue weighted by atomic mass is 10.1. The van der Waals surface area contributed by atoms with E-state index in [9.17, 15) is 4.79 Å². The number of morpholine rings is 1. The van der Waals surface area contributed by atoms with Crippen LogP contribution in [-0.4, -0.2) is 42.6 Å². The second-order valence-electron chi connectivity index (χ2n) is 5.77. The van der Waals surface area contributed by atoms with E-state index in [-0.39, 0.29) is 18.1 Å². The van der Waals surface area contributed by atoms with Gasteiger partial charge in [0.1, 0.15) is 0 Å². The largest absolute Gasteiger partial charge is 0.373 e. The van der Waals surface area contributed by atoms with Crippen LogP contribution in [0.3, 0.4) is 0 Å². The van der Waals surface area contributed by atoms with Crippen molar-refractivity contribution in [1.29, 1.82) is 0 Å². The van der Waals surface area contributed by atoms with E-state index in [0.717, 1.165) is 29.9 Å². The Morgan fingerprint density at radius 3 is 2.35 bits per heavy atom. The Morgan fingerprint density at radius 2 is 1.80 bits per heavy atom. The Balaban J connectivity index is 1.95. The number of hydrogen-bond donors (Lipinski definition) is 1. The van der Waals surface area contributed by atoms with Gasteiger partial charge in [-0.25, -0.2) is 0 Å². The number of carbonyl (C=O) groups is 1. The van der Waals surface area contributed by atoms with Crippen LogP contribution in [0.1, 0.15) is 25.0 Å². The predicted molar refractivity (Wildman–Crippen MR) is 81.0 cm³/mol. The zero-order valence-electron chi connectivity index (χ0n) is 12.8. The summed E-state index contributed by atoms with van der Waals surface area (Å²) in [6.45, 7) is 10.2. The van der Waals surface area contributed by atoms with Crippen LogP contribution in [0.5, 0.6) is 0 Å². The third kappa shape index (κ3) is 3.81. The number of para-hydroxylation sites is 1. The fraction of sp³-hybridized carbons (Fsp3) is 0.562. The molecule has 1 aliphatic heterocycles. The first-order chi connectivity index (χ1) is 9.45. The second kappa shape index (κ2) is 6.37. The van der Waals surface area contributed by atoms with Gasteiger partial charge in [-0.15, -0.1) is 0 Å². The van der Waals surface area contributed by atoms with Crippen LogP contribution in [0.4, 0.5) is 5.69 Å². The lowest BCUT2D eigenvalue weighted by Crippen LogP contribution is -2.48. The summed E-state index contributed by atoms with van der Waals surface area (Å²) >= 11 is 0. The number of amides is 1. The van der Waals surface area contributed by atoms with Gasteiger partial charge < -0.3 is 10.1 Å². The van der Waals surface area contributed by atoms with E-state index in [1.54, 1.807) is 0 Å².